The van der Waals surface area contributed by atoms with Crippen molar-refractivity contribution in [3.8, 4) is 17.2 Å². The zero-order valence-electron chi connectivity index (χ0n) is 18.9. The number of hydroxylamine groups is 1. The van der Waals surface area contributed by atoms with Crippen LogP contribution in [0.25, 0.3) is 5.70 Å². The molecule has 0 radical (unpaired) electrons. The summed E-state index contributed by atoms with van der Waals surface area (Å²) in [5.41, 5.74) is 6.62. The molecule has 1 fully saturated rings. The lowest BCUT2D eigenvalue weighted by molar-refractivity contribution is 0.0321. The van der Waals surface area contributed by atoms with Crippen LogP contribution in [0.3, 0.4) is 0 Å². The molecule has 7 heteroatoms. The van der Waals surface area contributed by atoms with Gasteiger partial charge in [0.1, 0.15) is 12.3 Å². The van der Waals surface area contributed by atoms with Crippen LogP contribution in [0.2, 0.25) is 0 Å². The molecule has 0 unspecified atom stereocenters. The monoisotopic (exact) mass is 457 g/mol. The number of ether oxygens (including phenoxy) is 3. The van der Waals surface area contributed by atoms with Gasteiger partial charge in [-0.25, -0.2) is 4.99 Å². The highest BCUT2D eigenvalue weighted by atomic mass is 16.5. The molecule has 0 aromatic heterocycles. The molecule has 0 aliphatic carbocycles. The Bertz CT molecular complexity index is 1200. The molecule has 174 valence electrons. The van der Waals surface area contributed by atoms with Gasteiger partial charge in [-0.15, -0.1) is 0 Å². The SMILES string of the molecule is C=C(NO)c1ccc(C2=Nc3ccccc3Oc3c(OCCN4CCOCC4)cccc32)cc1. The average Bonchev–Trinajstić information content (AvgIpc) is 3.06. The third kappa shape index (κ3) is 4.68. The molecule has 34 heavy (non-hydrogen) atoms. The number of benzene rings is 3. The van der Waals surface area contributed by atoms with Crippen molar-refractivity contribution in [2.45, 2.75) is 0 Å². The van der Waals surface area contributed by atoms with Crippen LogP contribution in [0.5, 0.6) is 17.2 Å². The molecule has 5 rings (SSSR count). The van der Waals surface area contributed by atoms with E-state index in [4.69, 9.17) is 24.4 Å². The number of nitrogens with zero attached hydrogens (tertiary/aromatic N) is 2. The maximum absolute atomic E-state index is 9.15. The highest BCUT2D eigenvalue weighted by molar-refractivity contribution is 6.16. The van der Waals surface area contributed by atoms with E-state index in [1.165, 1.54) is 0 Å². The number of morpholine rings is 1. The molecule has 2 aliphatic rings. The normalized spacial score (nSPS) is 15.3. The van der Waals surface area contributed by atoms with E-state index < -0.39 is 0 Å². The summed E-state index contributed by atoms with van der Waals surface area (Å²) in [6.45, 7) is 8.56. The van der Waals surface area contributed by atoms with E-state index in [0.717, 1.165) is 60.9 Å². The number of hydrogen-bond donors (Lipinski definition) is 2. The van der Waals surface area contributed by atoms with Gasteiger partial charge >= 0.3 is 0 Å². The van der Waals surface area contributed by atoms with Gasteiger partial charge < -0.3 is 14.2 Å². The van der Waals surface area contributed by atoms with Gasteiger partial charge in [0.15, 0.2) is 17.2 Å². The molecule has 0 bridgehead atoms. The Labute approximate surface area is 198 Å². The summed E-state index contributed by atoms with van der Waals surface area (Å²) in [5, 5.41) is 9.15. The van der Waals surface area contributed by atoms with Gasteiger partial charge in [-0.2, -0.15) is 0 Å². The van der Waals surface area contributed by atoms with Crippen molar-refractivity contribution in [3.63, 3.8) is 0 Å². The van der Waals surface area contributed by atoms with E-state index in [1.807, 2.05) is 66.7 Å². The van der Waals surface area contributed by atoms with Gasteiger partial charge in [0.25, 0.3) is 0 Å². The quantitative estimate of drug-likeness (QED) is 0.395. The highest BCUT2D eigenvalue weighted by Crippen LogP contribution is 2.43. The number of aliphatic imine (C=N–C) groups is 1. The summed E-state index contributed by atoms with van der Waals surface area (Å²) in [5.74, 6) is 2.01. The number of rotatable bonds is 7. The van der Waals surface area contributed by atoms with Crippen molar-refractivity contribution in [1.82, 2.24) is 10.4 Å². The number of hydrogen-bond acceptors (Lipinski definition) is 7. The van der Waals surface area contributed by atoms with Gasteiger partial charge in [-0.3, -0.25) is 15.6 Å². The van der Waals surface area contributed by atoms with Crippen molar-refractivity contribution >= 4 is 17.1 Å². The first kappa shape index (κ1) is 22.2. The Morgan fingerprint density at radius 3 is 2.62 bits per heavy atom. The minimum Gasteiger partial charge on any atom is -0.488 e. The van der Waals surface area contributed by atoms with Crippen LogP contribution in [0.4, 0.5) is 5.69 Å². The van der Waals surface area contributed by atoms with E-state index in [-0.39, 0.29) is 0 Å². The molecule has 0 spiro atoms. The molecule has 3 aromatic rings. The average molecular weight is 458 g/mol. The van der Waals surface area contributed by atoms with E-state index in [2.05, 4.69) is 17.0 Å². The van der Waals surface area contributed by atoms with E-state index in [1.54, 1.807) is 0 Å². The molecule has 3 aromatic carbocycles. The van der Waals surface area contributed by atoms with Crippen LogP contribution in [0, 0.1) is 0 Å². The lowest BCUT2D eigenvalue weighted by atomic mass is 9.99. The standard InChI is InChI=1S/C27H27N3O4/c1-19(29-31)20-9-11-21(12-10-20)26-22-5-4-8-25(33-18-15-30-13-16-32-17-14-30)27(22)34-24-7-3-2-6-23(24)28-26/h2-12,29,31H,1,13-18H2. The first-order chi connectivity index (χ1) is 16.7. The fourth-order valence-corrected chi connectivity index (χ4v) is 4.07. The summed E-state index contributed by atoms with van der Waals surface area (Å²) in [4.78, 5) is 7.30. The fraction of sp³-hybridized carbons (Fsp3) is 0.222. The molecule has 7 nitrogen and oxygen atoms in total. The van der Waals surface area contributed by atoms with Crippen molar-refractivity contribution in [1.29, 1.82) is 0 Å². The van der Waals surface area contributed by atoms with Gasteiger partial charge in [0.05, 0.1) is 24.6 Å². The van der Waals surface area contributed by atoms with Gasteiger partial charge in [0, 0.05) is 30.8 Å². The zero-order valence-corrected chi connectivity index (χ0v) is 18.9. The Morgan fingerprint density at radius 2 is 1.82 bits per heavy atom. The van der Waals surface area contributed by atoms with E-state index in [9.17, 15) is 0 Å². The molecular formula is C27H27N3O4. The van der Waals surface area contributed by atoms with Crippen LogP contribution in [0.1, 0.15) is 16.7 Å². The molecule has 2 aliphatic heterocycles. The Balaban J connectivity index is 1.48. The summed E-state index contributed by atoms with van der Waals surface area (Å²) in [7, 11) is 0. The lowest BCUT2D eigenvalue weighted by Crippen LogP contribution is -2.38. The fourth-order valence-electron chi connectivity index (χ4n) is 4.07. The largest absolute Gasteiger partial charge is 0.488 e. The highest BCUT2D eigenvalue weighted by Gasteiger charge is 2.23. The van der Waals surface area contributed by atoms with Gasteiger partial charge in [-0.05, 0) is 29.8 Å². The lowest BCUT2D eigenvalue weighted by Gasteiger charge is -2.26. The van der Waals surface area contributed by atoms with E-state index >= 15 is 0 Å². The van der Waals surface area contributed by atoms with Crippen LogP contribution in [0.15, 0.2) is 78.3 Å². The first-order valence-corrected chi connectivity index (χ1v) is 11.3. The summed E-state index contributed by atoms with van der Waals surface area (Å²) in [6, 6.07) is 21.3. The topological polar surface area (TPSA) is 75.5 Å². The van der Waals surface area contributed by atoms with Crippen LogP contribution < -0.4 is 15.0 Å². The summed E-state index contributed by atoms with van der Waals surface area (Å²) < 4.78 is 18.0. The van der Waals surface area contributed by atoms with Gasteiger partial charge in [-0.1, -0.05) is 49.0 Å². The minimum absolute atomic E-state index is 0.430. The number of para-hydroxylation sites is 3. The Kier molecular flexibility index (Phi) is 6.58. The third-order valence-corrected chi connectivity index (χ3v) is 5.95. The second-order valence-corrected chi connectivity index (χ2v) is 8.13. The number of nitrogens with one attached hydrogen (secondary N) is 1. The van der Waals surface area contributed by atoms with Crippen LogP contribution >= 0.6 is 0 Å². The molecule has 0 saturated carbocycles. The summed E-state index contributed by atoms with van der Waals surface area (Å²) >= 11 is 0. The molecule has 0 amide bonds. The van der Waals surface area contributed by atoms with E-state index in [0.29, 0.717) is 29.6 Å². The smallest absolute Gasteiger partial charge is 0.178 e. The molecule has 1 saturated heterocycles. The molecule has 2 heterocycles. The number of fused-ring (bicyclic) bond motifs is 2. The third-order valence-electron chi connectivity index (χ3n) is 5.95. The van der Waals surface area contributed by atoms with Crippen LogP contribution in [-0.4, -0.2) is 55.3 Å². The molecule has 0 atom stereocenters. The Morgan fingerprint density at radius 1 is 1.03 bits per heavy atom. The maximum Gasteiger partial charge on any atom is 0.178 e. The van der Waals surface area contributed by atoms with Crippen molar-refractivity contribution in [3.05, 3.63) is 90.0 Å². The minimum atomic E-state index is 0.430. The molecule has 2 N–H and O–H groups in total. The predicted octanol–water partition coefficient (Wildman–Crippen LogP) is 4.62. The van der Waals surface area contributed by atoms with Crippen molar-refractivity contribution < 1.29 is 19.4 Å². The predicted molar refractivity (Wildman–Crippen MR) is 131 cm³/mol. The summed E-state index contributed by atoms with van der Waals surface area (Å²) in [6.07, 6.45) is 0. The zero-order chi connectivity index (χ0) is 23.3. The second kappa shape index (κ2) is 10.1. The van der Waals surface area contributed by atoms with Crippen LogP contribution in [-0.2, 0) is 4.74 Å². The van der Waals surface area contributed by atoms with Gasteiger partial charge in [0.2, 0.25) is 0 Å². The second-order valence-electron chi connectivity index (χ2n) is 8.13. The maximum atomic E-state index is 9.15. The van der Waals surface area contributed by atoms with Crippen molar-refractivity contribution in [2.75, 3.05) is 39.5 Å². The van der Waals surface area contributed by atoms with Crippen molar-refractivity contribution in [2.24, 2.45) is 4.99 Å². The molecular weight excluding hydrogens is 430 g/mol. The first-order valence-electron chi connectivity index (χ1n) is 11.3. The Hall–Kier alpha value is -3.65.